The molecule has 1 aromatic rings. The highest BCUT2D eigenvalue weighted by Gasteiger charge is 2.27. The quantitative estimate of drug-likeness (QED) is 0.827. The molecule has 0 heterocycles. The molecule has 0 fully saturated rings. The SMILES string of the molecule is COC(C)(C)CC(=O)N(CC(=O)O)c1ccc(O)cc1. The molecule has 6 nitrogen and oxygen atoms in total. The van der Waals surface area contributed by atoms with Gasteiger partial charge in [-0.2, -0.15) is 0 Å². The molecule has 0 aliphatic carbocycles. The third kappa shape index (κ3) is 4.55. The van der Waals surface area contributed by atoms with Gasteiger partial charge < -0.3 is 19.8 Å². The summed E-state index contributed by atoms with van der Waals surface area (Å²) in [5.74, 6) is -1.42. The lowest BCUT2D eigenvalue weighted by molar-refractivity contribution is -0.137. The number of anilines is 1. The standard InChI is InChI=1S/C14H19NO5/c1-14(2,20-3)8-12(17)15(9-13(18)19)10-4-6-11(16)7-5-10/h4-7,16H,8-9H2,1-3H3,(H,18,19). The number of carboxylic acid groups (broad SMARTS) is 1. The van der Waals surface area contributed by atoms with Gasteiger partial charge in [-0.25, -0.2) is 0 Å². The van der Waals surface area contributed by atoms with Crippen LogP contribution >= 0.6 is 0 Å². The number of phenolic OH excluding ortho intramolecular Hbond substituents is 1. The molecule has 1 rings (SSSR count). The molecule has 0 aliphatic rings. The van der Waals surface area contributed by atoms with Gasteiger partial charge in [0.15, 0.2) is 0 Å². The van der Waals surface area contributed by atoms with Gasteiger partial charge in [-0.1, -0.05) is 0 Å². The summed E-state index contributed by atoms with van der Waals surface area (Å²) in [4.78, 5) is 24.3. The Balaban J connectivity index is 2.97. The van der Waals surface area contributed by atoms with Crippen molar-refractivity contribution in [2.45, 2.75) is 25.9 Å². The molecule has 0 aromatic heterocycles. The summed E-state index contributed by atoms with van der Waals surface area (Å²) < 4.78 is 5.18. The summed E-state index contributed by atoms with van der Waals surface area (Å²) >= 11 is 0. The minimum atomic E-state index is -1.11. The third-order valence-corrected chi connectivity index (χ3v) is 2.89. The molecule has 1 amide bonds. The minimum absolute atomic E-state index is 0.0497. The summed E-state index contributed by atoms with van der Waals surface area (Å²) in [6, 6.07) is 5.80. The van der Waals surface area contributed by atoms with Crippen LogP contribution in [-0.2, 0) is 14.3 Å². The van der Waals surface area contributed by atoms with Crippen LogP contribution in [0.1, 0.15) is 20.3 Å². The molecular weight excluding hydrogens is 262 g/mol. The van der Waals surface area contributed by atoms with E-state index in [0.717, 1.165) is 4.90 Å². The van der Waals surface area contributed by atoms with E-state index >= 15 is 0 Å². The minimum Gasteiger partial charge on any atom is -0.508 e. The number of carbonyl (C=O) groups excluding carboxylic acids is 1. The van der Waals surface area contributed by atoms with Crippen LogP contribution in [-0.4, -0.2) is 41.3 Å². The first-order valence-electron chi connectivity index (χ1n) is 6.11. The van der Waals surface area contributed by atoms with Gasteiger partial charge in [0.2, 0.25) is 5.91 Å². The van der Waals surface area contributed by atoms with Crippen molar-refractivity contribution < 1.29 is 24.5 Å². The van der Waals surface area contributed by atoms with E-state index in [-0.39, 0.29) is 18.1 Å². The van der Waals surface area contributed by atoms with E-state index in [1.165, 1.54) is 31.4 Å². The highest BCUT2D eigenvalue weighted by Crippen LogP contribution is 2.22. The third-order valence-electron chi connectivity index (χ3n) is 2.89. The van der Waals surface area contributed by atoms with Crippen LogP contribution in [0.25, 0.3) is 0 Å². The summed E-state index contributed by atoms with van der Waals surface area (Å²) in [5, 5.41) is 18.2. The zero-order valence-corrected chi connectivity index (χ0v) is 11.8. The zero-order chi connectivity index (χ0) is 15.3. The van der Waals surface area contributed by atoms with Gasteiger partial charge >= 0.3 is 5.97 Å². The van der Waals surface area contributed by atoms with E-state index in [1.807, 2.05) is 0 Å². The summed E-state index contributed by atoms with van der Waals surface area (Å²) in [6.45, 7) is 3.06. The smallest absolute Gasteiger partial charge is 0.323 e. The van der Waals surface area contributed by atoms with Gasteiger partial charge in [0.25, 0.3) is 0 Å². The summed E-state index contributed by atoms with van der Waals surface area (Å²) in [6.07, 6.45) is 0.0532. The van der Waals surface area contributed by atoms with Gasteiger partial charge in [0.05, 0.1) is 12.0 Å². The number of aliphatic carboxylic acids is 1. The van der Waals surface area contributed by atoms with Crippen LogP contribution in [0.4, 0.5) is 5.69 Å². The molecule has 0 radical (unpaired) electrons. The molecule has 0 unspecified atom stereocenters. The highest BCUT2D eigenvalue weighted by molar-refractivity contribution is 5.97. The number of carbonyl (C=O) groups is 2. The van der Waals surface area contributed by atoms with Crippen LogP contribution in [0.3, 0.4) is 0 Å². The molecule has 110 valence electrons. The number of methoxy groups -OCH3 is 1. The van der Waals surface area contributed by atoms with Crippen molar-refractivity contribution in [2.24, 2.45) is 0 Å². The maximum Gasteiger partial charge on any atom is 0.323 e. The molecule has 0 saturated carbocycles. The topological polar surface area (TPSA) is 87.1 Å². The molecular formula is C14H19NO5. The summed E-state index contributed by atoms with van der Waals surface area (Å²) in [5.41, 5.74) is -0.257. The molecule has 0 atom stereocenters. The second kappa shape index (κ2) is 6.38. The monoisotopic (exact) mass is 281 g/mol. The first-order valence-corrected chi connectivity index (χ1v) is 6.11. The molecule has 0 bridgehead atoms. The fourth-order valence-corrected chi connectivity index (χ4v) is 1.62. The number of benzene rings is 1. The summed E-state index contributed by atoms with van der Waals surface area (Å²) in [7, 11) is 1.50. The van der Waals surface area contributed by atoms with E-state index in [4.69, 9.17) is 9.84 Å². The van der Waals surface area contributed by atoms with Gasteiger partial charge in [-0.3, -0.25) is 9.59 Å². The Morgan fingerprint density at radius 1 is 1.25 bits per heavy atom. The maximum atomic E-state index is 12.3. The van der Waals surface area contributed by atoms with Crippen molar-refractivity contribution in [3.8, 4) is 5.75 Å². The number of hydrogen-bond acceptors (Lipinski definition) is 4. The molecule has 0 saturated heterocycles. The normalized spacial score (nSPS) is 11.2. The largest absolute Gasteiger partial charge is 0.508 e. The van der Waals surface area contributed by atoms with Gasteiger partial charge in [-0.15, -0.1) is 0 Å². The van der Waals surface area contributed by atoms with Crippen molar-refractivity contribution in [2.75, 3.05) is 18.6 Å². The van der Waals surface area contributed by atoms with E-state index in [0.29, 0.717) is 5.69 Å². The molecule has 2 N–H and O–H groups in total. The van der Waals surface area contributed by atoms with Crippen LogP contribution < -0.4 is 4.90 Å². The number of ether oxygens (including phenoxy) is 1. The van der Waals surface area contributed by atoms with E-state index in [2.05, 4.69) is 0 Å². The van der Waals surface area contributed by atoms with Crippen molar-refractivity contribution in [1.29, 1.82) is 0 Å². The van der Waals surface area contributed by atoms with Crippen molar-refractivity contribution in [1.82, 2.24) is 0 Å². The molecule has 6 heteroatoms. The van der Waals surface area contributed by atoms with Crippen LogP contribution in [0, 0.1) is 0 Å². The van der Waals surface area contributed by atoms with E-state index in [1.54, 1.807) is 13.8 Å². The average molecular weight is 281 g/mol. The Kier molecular flexibility index (Phi) is 5.10. The van der Waals surface area contributed by atoms with Gasteiger partial charge in [0.1, 0.15) is 12.3 Å². The molecule has 1 aromatic carbocycles. The number of amides is 1. The molecule has 0 spiro atoms. The lowest BCUT2D eigenvalue weighted by Crippen LogP contribution is -2.40. The Labute approximate surface area is 117 Å². The predicted molar refractivity (Wildman–Crippen MR) is 73.8 cm³/mol. The van der Waals surface area contributed by atoms with Crippen LogP contribution in [0.15, 0.2) is 24.3 Å². The van der Waals surface area contributed by atoms with Gasteiger partial charge in [0, 0.05) is 12.8 Å². The Bertz CT molecular complexity index is 481. The van der Waals surface area contributed by atoms with Crippen LogP contribution in [0.2, 0.25) is 0 Å². The lowest BCUT2D eigenvalue weighted by atomic mass is 10.0. The number of nitrogens with zero attached hydrogens (tertiary/aromatic N) is 1. The fourth-order valence-electron chi connectivity index (χ4n) is 1.62. The second-order valence-corrected chi connectivity index (χ2v) is 5.03. The number of phenols is 1. The maximum absolute atomic E-state index is 12.3. The predicted octanol–water partition coefficient (Wildman–Crippen LogP) is 1.62. The van der Waals surface area contributed by atoms with E-state index < -0.39 is 18.1 Å². The fraction of sp³-hybridized carbons (Fsp3) is 0.429. The highest BCUT2D eigenvalue weighted by atomic mass is 16.5. The first-order chi connectivity index (χ1) is 9.25. The van der Waals surface area contributed by atoms with Gasteiger partial charge in [-0.05, 0) is 38.1 Å². The number of carboxylic acids is 1. The number of aromatic hydroxyl groups is 1. The second-order valence-electron chi connectivity index (χ2n) is 5.03. The number of rotatable bonds is 6. The van der Waals surface area contributed by atoms with E-state index in [9.17, 15) is 14.7 Å². The van der Waals surface area contributed by atoms with Crippen LogP contribution in [0.5, 0.6) is 5.75 Å². The Hall–Kier alpha value is -2.08. The first kappa shape index (κ1) is 16.0. The van der Waals surface area contributed by atoms with Crippen molar-refractivity contribution in [3.05, 3.63) is 24.3 Å². The molecule has 0 aliphatic heterocycles. The molecule has 20 heavy (non-hydrogen) atoms. The number of hydrogen-bond donors (Lipinski definition) is 2. The van der Waals surface area contributed by atoms with Crippen molar-refractivity contribution in [3.63, 3.8) is 0 Å². The lowest BCUT2D eigenvalue weighted by Gasteiger charge is -2.27. The zero-order valence-electron chi connectivity index (χ0n) is 11.8. The van der Waals surface area contributed by atoms with Crippen molar-refractivity contribution >= 4 is 17.6 Å². The Morgan fingerprint density at radius 2 is 1.80 bits per heavy atom. The Morgan fingerprint density at radius 3 is 2.25 bits per heavy atom. The average Bonchev–Trinajstić information content (AvgIpc) is 2.36.